The predicted molar refractivity (Wildman–Crippen MR) is 92.7 cm³/mol. The predicted octanol–water partition coefficient (Wildman–Crippen LogP) is 6.64. The van der Waals surface area contributed by atoms with E-state index in [0.717, 1.165) is 5.92 Å². The summed E-state index contributed by atoms with van der Waals surface area (Å²) in [4.78, 5) is 0.313. The van der Waals surface area contributed by atoms with Gasteiger partial charge in [-0.05, 0) is 61.5 Å². The monoisotopic (exact) mass is 374 g/mol. The average molecular weight is 376 g/mol. The third kappa shape index (κ3) is 4.45. The first-order valence-corrected chi connectivity index (χ1v) is 9.15. The van der Waals surface area contributed by atoms with Crippen LogP contribution in [0.25, 0.3) is 0 Å². The molecular formula is C18H25BrClF. The Morgan fingerprint density at radius 3 is 2.38 bits per heavy atom. The highest BCUT2D eigenvalue weighted by molar-refractivity contribution is 9.09. The van der Waals surface area contributed by atoms with Crippen molar-refractivity contribution in [1.82, 2.24) is 0 Å². The zero-order chi connectivity index (χ0) is 15.6. The molecule has 1 aliphatic carbocycles. The van der Waals surface area contributed by atoms with Crippen LogP contribution >= 0.6 is 27.5 Å². The summed E-state index contributed by atoms with van der Waals surface area (Å²) in [5, 5.41) is 0.544. The zero-order valence-electron chi connectivity index (χ0n) is 13.1. The smallest absolute Gasteiger partial charge is 0.127 e. The normalized spacial score (nSPS) is 24.9. The van der Waals surface area contributed by atoms with Gasteiger partial charge in [0, 0.05) is 15.4 Å². The Bertz CT molecular complexity index is 452. The maximum Gasteiger partial charge on any atom is 0.127 e. The van der Waals surface area contributed by atoms with Crippen LogP contribution in [0.15, 0.2) is 18.2 Å². The summed E-state index contributed by atoms with van der Waals surface area (Å²) in [7, 11) is 0. The first-order chi connectivity index (χ1) is 9.79. The average Bonchev–Trinajstić information content (AvgIpc) is 2.42. The molecule has 21 heavy (non-hydrogen) atoms. The topological polar surface area (TPSA) is 0 Å². The standard InChI is InChI=1S/C18H25BrClF/c1-18(2,3)13-9-7-12(8-10-13)15(19)11-14-16(20)5-4-6-17(14)21/h4-6,12-13,15H,7-11H2,1-3H3. The Hall–Kier alpha value is -0.0800. The Morgan fingerprint density at radius 1 is 1.24 bits per heavy atom. The van der Waals surface area contributed by atoms with Gasteiger partial charge in [-0.3, -0.25) is 0 Å². The molecule has 1 atom stereocenters. The number of halogens is 3. The molecule has 0 heterocycles. The molecule has 0 nitrogen and oxygen atoms in total. The Kier molecular flexibility index (Phi) is 5.76. The molecule has 0 spiro atoms. The summed E-state index contributed by atoms with van der Waals surface area (Å²) >= 11 is 9.92. The molecule has 0 radical (unpaired) electrons. The number of hydrogen-bond acceptors (Lipinski definition) is 0. The van der Waals surface area contributed by atoms with Crippen LogP contribution in [0.2, 0.25) is 5.02 Å². The molecule has 1 aromatic rings. The van der Waals surface area contributed by atoms with E-state index in [1.165, 1.54) is 31.7 Å². The van der Waals surface area contributed by atoms with Gasteiger partial charge in [-0.25, -0.2) is 4.39 Å². The Morgan fingerprint density at radius 2 is 1.86 bits per heavy atom. The van der Waals surface area contributed by atoms with E-state index in [4.69, 9.17) is 11.6 Å². The molecule has 1 fully saturated rings. The zero-order valence-corrected chi connectivity index (χ0v) is 15.5. The minimum Gasteiger partial charge on any atom is -0.207 e. The second kappa shape index (κ2) is 7.00. The summed E-state index contributed by atoms with van der Waals surface area (Å²) < 4.78 is 13.9. The minimum absolute atomic E-state index is 0.185. The number of benzene rings is 1. The molecule has 2 rings (SSSR count). The molecule has 0 bridgehead atoms. The quantitative estimate of drug-likeness (QED) is 0.520. The highest BCUT2D eigenvalue weighted by atomic mass is 79.9. The summed E-state index contributed by atoms with van der Waals surface area (Å²) in [5.41, 5.74) is 1.06. The van der Waals surface area contributed by atoms with Gasteiger partial charge in [-0.2, -0.15) is 0 Å². The molecule has 0 aliphatic heterocycles. The van der Waals surface area contributed by atoms with Gasteiger partial charge in [-0.15, -0.1) is 0 Å². The van der Waals surface area contributed by atoms with Gasteiger partial charge < -0.3 is 0 Å². The van der Waals surface area contributed by atoms with Crippen molar-refractivity contribution in [3.63, 3.8) is 0 Å². The van der Waals surface area contributed by atoms with Crippen LogP contribution in [0.4, 0.5) is 4.39 Å². The van der Waals surface area contributed by atoms with Gasteiger partial charge in [-0.1, -0.05) is 54.4 Å². The third-order valence-electron chi connectivity index (χ3n) is 4.97. The molecule has 1 aromatic carbocycles. The second-order valence-corrected chi connectivity index (χ2v) is 8.98. The van der Waals surface area contributed by atoms with Gasteiger partial charge in [0.2, 0.25) is 0 Å². The van der Waals surface area contributed by atoms with Gasteiger partial charge in [0.1, 0.15) is 5.82 Å². The first kappa shape index (κ1) is 17.3. The number of rotatable bonds is 3. The van der Waals surface area contributed by atoms with Crippen molar-refractivity contribution < 1.29 is 4.39 Å². The van der Waals surface area contributed by atoms with E-state index in [0.29, 0.717) is 33.2 Å². The fourth-order valence-corrected chi connectivity index (χ4v) is 4.53. The Labute approximate surface area is 141 Å². The molecule has 1 aliphatic rings. The molecule has 0 saturated heterocycles. The SMILES string of the molecule is CC(C)(C)C1CCC(C(Br)Cc2c(F)cccc2Cl)CC1. The van der Waals surface area contributed by atoms with Gasteiger partial charge in [0.15, 0.2) is 0 Å². The summed E-state index contributed by atoms with van der Waals surface area (Å²) in [6.45, 7) is 7.01. The fraction of sp³-hybridized carbons (Fsp3) is 0.667. The molecule has 3 heteroatoms. The molecular weight excluding hydrogens is 351 g/mol. The van der Waals surface area contributed by atoms with E-state index in [-0.39, 0.29) is 5.82 Å². The van der Waals surface area contributed by atoms with Crippen LogP contribution in [0.1, 0.15) is 52.0 Å². The molecule has 1 saturated carbocycles. The number of hydrogen-bond donors (Lipinski definition) is 0. The van der Waals surface area contributed by atoms with E-state index in [1.54, 1.807) is 12.1 Å². The third-order valence-corrected chi connectivity index (χ3v) is 6.39. The van der Waals surface area contributed by atoms with E-state index in [9.17, 15) is 4.39 Å². The molecule has 1 unspecified atom stereocenters. The van der Waals surface area contributed by atoms with Gasteiger partial charge >= 0.3 is 0 Å². The van der Waals surface area contributed by atoms with Crippen LogP contribution in [0.5, 0.6) is 0 Å². The fourth-order valence-electron chi connectivity index (χ4n) is 3.44. The number of alkyl halides is 1. The van der Waals surface area contributed by atoms with Crippen molar-refractivity contribution in [2.75, 3.05) is 0 Å². The highest BCUT2D eigenvalue weighted by Gasteiger charge is 2.32. The van der Waals surface area contributed by atoms with Crippen molar-refractivity contribution in [3.8, 4) is 0 Å². The van der Waals surface area contributed by atoms with Crippen LogP contribution in [-0.4, -0.2) is 4.83 Å². The van der Waals surface area contributed by atoms with Gasteiger partial charge in [0.05, 0.1) is 0 Å². The summed E-state index contributed by atoms with van der Waals surface area (Å²) in [6.07, 6.45) is 5.69. The largest absolute Gasteiger partial charge is 0.207 e. The minimum atomic E-state index is -0.185. The van der Waals surface area contributed by atoms with E-state index in [2.05, 4.69) is 36.7 Å². The lowest BCUT2D eigenvalue weighted by Gasteiger charge is -2.38. The molecule has 0 amide bonds. The lowest BCUT2D eigenvalue weighted by atomic mass is 9.69. The summed E-state index contributed by atoms with van der Waals surface area (Å²) in [6, 6.07) is 4.94. The van der Waals surface area contributed by atoms with E-state index < -0.39 is 0 Å². The first-order valence-electron chi connectivity index (χ1n) is 7.86. The van der Waals surface area contributed by atoms with Gasteiger partial charge in [0.25, 0.3) is 0 Å². The van der Waals surface area contributed by atoms with Crippen molar-refractivity contribution in [2.45, 2.75) is 57.7 Å². The lowest BCUT2D eigenvalue weighted by Crippen LogP contribution is -2.29. The van der Waals surface area contributed by atoms with Crippen LogP contribution in [0.3, 0.4) is 0 Å². The van der Waals surface area contributed by atoms with Crippen molar-refractivity contribution in [2.24, 2.45) is 17.3 Å². The van der Waals surface area contributed by atoms with Crippen LogP contribution < -0.4 is 0 Å². The molecule has 0 N–H and O–H groups in total. The maximum atomic E-state index is 13.9. The van der Waals surface area contributed by atoms with Crippen LogP contribution in [0, 0.1) is 23.1 Å². The Balaban J connectivity index is 1.95. The van der Waals surface area contributed by atoms with Crippen molar-refractivity contribution in [1.29, 1.82) is 0 Å². The van der Waals surface area contributed by atoms with Crippen molar-refractivity contribution >= 4 is 27.5 Å². The van der Waals surface area contributed by atoms with E-state index in [1.807, 2.05) is 0 Å². The van der Waals surface area contributed by atoms with E-state index >= 15 is 0 Å². The second-order valence-electron chi connectivity index (χ2n) is 7.40. The van der Waals surface area contributed by atoms with Crippen LogP contribution in [-0.2, 0) is 6.42 Å². The molecule has 0 aromatic heterocycles. The van der Waals surface area contributed by atoms with Crippen molar-refractivity contribution in [3.05, 3.63) is 34.6 Å². The maximum absolute atomic E-state index is 13.9. The summed E-state index contributed by atoms with van der Waals surface area (Å²) in [5.74, 6) is 1.25. The molecule has 118 valence electrons. The lowest BCUT2D eigenvalue weighted by molar-refractivity contribution is 0.149. The highest BCUT2D eigenvalue weighted by Crippen LogP contribution is 2.42.